The second kappa shape index (κ2) is 15.1. The zero-order valence-corrected chi connectivity index (χ0v) is 14.9. The maximum Gasteiger partial charge on any atom is 0.100 e. The summed E-state index contributed by atoms with van der Waals surface area (Å²) >= 11 is 0. The predicted octanol–water partition coefficient (Wildman–Crippen LogP) is 6.03. The number of unbranched alkanes of at least 4 members (excludes halogenated alkanes) is 12. The zero-order valence-electron chi connectivity index (χ0n) is 14.9. The van der Waals surface area contributed by atoms with Crippen LogP contribution in [0.5, 0.6) is 0 Å². The first-order chi connectivity index (χ1) is 10.9. The number of rotatable bonds is 15. The molecule has 0 aromatic carbocycles. The Morgan fingerprint density at radius 3 is 1.95 bits per heavy atom. The van der Waals surface area contributed by atoms with Crippen LogP contribution in [0.2, 0.25) is 0 Å². The van der Waals surface area contributed by atoms with Crippen LogP contribution < -0.4 is 5.32 Å². The van der Waals surface area contributed by atoms with Crippen LogP contribution in [0, 0.1) is 0 Å². The molecule has 1 rings (SSSR count). The molecule has 0 bridgehead atoms. The van der Waals surface area contributed by atoms with E-state index in [0.717, 1.165) is 19.5 Å². The Bertz CT molecular complexity index is 294. The molecule has 22 heavy (non-hydrogen) atoms. The highest BCUT2D eigenvalue weighted by atomic mass is 15.1. The topological polar surface area (TPSA) is 24.4 Å². The third-order valence-electron chi connectivity index (χ3n) is 4.45. The Balaban J connectivity index is 1.72. The lowest BCUT2D eigenvalue weighted by atomic mass is 10.0. The van der Waals surface area contributed by atoms with Crippen molar-refractivity contribution in [1.82, 2.24) is 5.32 Å². The van der Waals surface area contributed by atoms with Gasteiger partial charge in [-0.15, -0.1) is 0 Å². The molecule has 2 heteroatoms. The van der Waals surface area contributed by atoms with Gasteiger partial charge in [-0.1, -0.05) is 89.7 Å². The van der Waals surface area contributed by atoms with E-state index in [0.29, 0.717) is 0 Å². The minimum atomic E-state index is 0.960. The summed E-state index contributed by atoms with van der Waals surface area (Å²) in [5, 5.41) is 3.30. The van der Waals surface area contributed by atoms with E-state index < -0.39 is 0 Å². The van der Waals surface area contributed by atoms with Gasteiger partial charge in [0.1, 0.15) is 5.84 Å². The lowest BCUT2D eigenvalue weighted by Gasteiger charge is -2.02. The lowest BCUT2D eigenvalue weighted by molar-refractivity contribution is 0.545. The van der Waals surface area contributed by atoms with Crippen molar-refractivity contribution in [1.29, 1.82) is 0 Å². The molecule has 1 aliphatic heterocycles. The molecule has 0 unspecified atom stereocenters. The molecule has 1 aliphatic rings. The van der Waals surface area contributed by atoms with Gasteiger partial charge in [0.25, 0.3) is 0 Å². The molecule has 0 spiro atoms. The van der Waals surface area contributed by atoms with Crippen molar-refractivity contribution in [2.75, 3.05) is 13.1 Å². The molecule has 0 amide bonds. The van der Waals surface area contributed by atoms with Crippen molar-refractivity contribution < 1.29 is 0 Å². The second-order valence-electron chi connectivity index (χ2n) is 6.61. The molecule has 0 aromatic rings. The molecular weight excluding hydrogens is 268 g/mol. The van der Waals surface area contributed by atoms with E-state index >= 15 is 0 Å². The average molecular weight is 307 g/mol. The van der Waals surface area contributed by atoms with Crippen molar-refractivity contribution in [3.8, 4) is 0 Å². The molecule has 0 fully saturated rings. The lowest BCUT2D eigenvalue weighted by Crippen LogP contribution is -2.17. The van der Waals surface area contributed by atoms with Gasteiger partial charge in [0.15, 0.2) is 0 Å². The van der Waals surface area contributed by atoms with E-state index in [1.54, 1.807) is 0 Å². The summed E-state index contributed by atoms with van der Waals surface area (Å²) in [7, 11) is 0. The van der Waals surface area contributed by atoms with Crippen LogP contribution in [-0.2, 0) is 0 Å². The number of aliphatic imine (C=N–C) groups is 1. The molecule has 2 nitrogen and oxygen atoms in total. The van der Waals surface area contributed by atoms with E-state index in [1.807, 2.05) is 0 Å². The molecule has 0 saturated heterocycles. The predicted molar refractivity (Wildman–Crippen MR) is 99.8 cm³/mol. The van der Waals surface area contributed by atoms with Gasteiger partial charge < -0.3 is 5.32 Å². The van der Waals surface area contributed by atoms with E-state index in [-0.39, 0.29) is 0 Å². The monoisotopic (exact) mass is 306 g/mol. The highest BCUT2D eigenvalue weighted by Gasteiger charge is 2.00. The van der Waals surface area contributed by atoms with Crippen LogP contribution in [-0.4, -0.2) is 18.9 Å². The number of hydrogen-bond donors (Lipinski definition) is 1. The third-order valence-corrected chi connectivity index (χ3v) is 4.45. The average Bonchev–Trinajstić information content (AvgIpc) is 3.04. The van der Waals surface area contributed by atoms with Crippen LogP contribution >= 0.6 is 0 Å². The highest BCUT2D eigenvalue weighted by Crippen LogP contribution is 2.12. The maximum absolute atomic E-state index is 4.39. The standard InChI is InChI=1S/C20H38N2/c1-2-3-4-5-6-7-8-9-10-11-12-13-14-15-16-17-20-21-18-19-22-20/h15-16H,2-14,17-19H2,1H3,(H,21,22)/b16-15-. The molecule has 0 atom stereocenters. The first-order valence-electron chi connectivity index (χ1n) is 9.85. The van der Waals surface area contributed by atoms with Gasteiger partial charge in [-0.25, -0.2) is 0 Å². The van der Waals surface area contributed by atoms with Gasteiger partial charge in [0, 0.05) is 13.0 Å². The van der Waals surface area contributed by atoms with Crippen LogP contribution in [0.25, 0.3) is 0 Å². The Morgan fingerprint density at radius 2 is 1.41 bits per heavy atom. The van der Waals surface area contributed by atoms with Gasteiger partial charge in [0.2, 0.25) is 0 Å². The fourth-order valence-electron chi connectivity index (χ4n) is 3.00. The highest BCUT2D eigenvalue weighted by molar-refractivity contribution is 5.84. The van der Waals surface area contributed by atoms with Crippen molar-refractivity contribution in [2.45, 2.75) is 96.8 Å². The number of nitrogens with one attached hydrogen (secondary N) is 1. The normalized spacial score (nSPS) is 14.5. The summed E-state index contributed by atoms with van der Waals surface area (Å²) in [6.45, 7) is 4.28. The Hall–Kier alpha value is -0.790. The minimum absolute atomic E-state index is 0.960. The molecule has 1 N–H and O–H groups in total. The van der Waals surface area contributed by atoms with Gasteiger partial charge in [-0.2, -0.15) is 0 Å². The third kappa shape index (κ3) is 11.8. The fourth-order valence-corrected chi connectivity index (χ4v) is 3.00. The summed E-state index contributed by atoms with van der Waals surface area (Å²) in [5.41, 5.74) is 0. The first kappa shape index (κ1) is 19.3. The van der Waals surface area contributed by atoms with Crippen LogP contribution in [0.4, 0.5) is 0 Å². The molecule has 1 heterocycles. The summed E-state index contributed by atoms with van der Waals surface area (Å²) in [6.07, 6.45) is 24.0. The van der Waals surface area contributed by atoms with E-state index in [4.69, 9.17) is 0 Å². The SMILES string of the molecule is CCCCCCCCCCCCCC/C=C\CC1=NCCN1. The fraction of sp³-hybridized carbons (Fsp3) is 0.850. The van der Waals surface area contributed by atoms with Gasteiger partial charge >= 0.3 is 0 Å². The van der Waals surface area contributed by atoms with Crippen molar-refractivity contribution in [2.24, 2.45) is 4.99 Å². The quantitative estimate of drug-likeness (QED) is 0.290. The summed E-state index contributed by atoms with van der Waals surface area (Å²) in [5.74, 6) is 1.17. The Labute approximate surface area is 138 Å². The van der Waals surface area contributed by atoms with Gasteiger partial charge in [-0.3, -0.25) is 4.99 Å². The number of nitrogens with zero attached hydrogens (tertiary/aromatic N) is 1. The molecule has 0 radical (unpaired) electrons. The Morgan fingerprint density at radius 1 is 0.818 bits per heavy atom. The van der Waals surface area contributed by atoms with E-state index in [1.165, 1.54) is 89.3 Å². The number of allylic oxidation sites excluding steroid dienone is 1. The first-order valence-corrected chi connectivity index (χ1v) is 9.85. The number of amidine groups is 1. The molecule has 0 aliphatic carbocycles. The van der Waals surface area contributed by atoms with Crippen molar-refractivity contribution in [3.63, 3.8) is 0 Å². The summed E-state index contributed by atoms with van der Waals surface area (Å²) < 4.78 is 0. The van der Waals surface area contributed by atoms with Gasteiger partial charge in [0.05, 0.1) is 6.54 Å². The molecule has 128 valence electrons. The van der Waals surface area contributed by atoms with E-state index in [2.05, 4.69) is 29.4 Å². The van der Waals surface area contributed by atoms with Crippen LogP contribution in [0.15, 0.2) is 17.1 Å². The summed E-state index contributed by atoms with van der Waals surface area (Å²) in [6, 6.07) is 0. The molecule has 0 aromatic heterocycles. The Kier molecular flexibility index (Phi) is 13.2. The maximum atomic E-state index is 4.39. The largest absolute Gasteiger partial charge is 0.372 e. The van der Waals surface area contributed by atoms with Crippen LogP contribution in [0.1, 0.15) is 96.8 Å². The molecule has 0 saturated carbocycles. The smallest absolute Gasteiger partial charge is 0.100 e. The molecular formula is C20H38N2. The zero-order chi connectivity index (χ0) is 15.7. The van der Waals surface area contributed by atoms with Gasteiger partial charge in [-0.05, 0) is 12.8 Å². The minimum Gasteiger partial charge on any atom is -0.372 e. The van der Waals surface area contributed by atoms with Crippen LogP contribution in [0.3, 0.4) is 0 Å². The van der Waals surface area contributed by atoms with E-state index in [9.17, 15) is 0 Å². The van der Waals surface area contributed by atoms with Crippen molar-refractivity contribution >= 4 is 5.84 Å². The van der Waals surface area contributed by atoms with Crippen molar-refractivity contribution in [3.05, 3.63) is 12.2 Å². The second-order valence-corrected chi connectivity index (χ2v) is 6.61. The number of hydrogen-bond acceptors (Lipinski definition) is 2. The summed E-state index contributed by atoms with van der Waals surface area (Å²) in [4.78, 5) is 4.39.